The summed E-state index contributed by atoms with van der Waals surface area (Å²) in [5.74, 6) is 0. The second-order valence-electron chi connectivity index (χ2n) is 1.66. The molecule has 2 N–H and O–H groups in total. The van der Waals surface area contributed by atoms with Crippen LogP contribution in [0.25, 0.3) is 0 Å². The molecule has 0 rings (SSSR count). The predicted octanol–water partition coefficient (Wildman–Crippen LogP) is 1.97. The fourth-order valence-corrected chi connectivity index (χ4v) is 0.297. The molecule has 0 aromatic heterocycles. The highest BCUT2D eigenvalue weighted by Gasteiger charge is 1.87. The van der Waals surface area contributed by atoms with Crippen LogP contribution in [0, 0.1) is 0 Å². The van der Waals surface area contributed by atoms with Crippen LogP contribution in [0.2, 0.25) is 0 Å². The lowest BCUT2D eigenvalue weighted by molar-refractivity contribution is 1.37. The molecule has 2 heteroatoms. The van der Waals surface area contributed by atoms with Gasteiger partial charge in [-0.25, -0.2) is 0 Å². The maximum atomic E-state index is 5.21. The van der Waals surface area contributed by atoms with Crippen LogP contribution in [0.5, 0.6) is 0 Å². The summed E-state index contributed by atoms with van der Waals surface area (Å²) < 4.78 is 0. The van der Waals surface area contributed by atoms with Crippen molar-refractivity contribution in [2.45, 2.75) is 27.7 Å². The second kappa shape index (κ2) is 8.21. The van der Waals surface area contributed by atoms with E-state index in [0.29, 0.717) is 0 Å². The summed E-state index contributed by atoms with van der Waals surface area (Å²) in [5, 5.41) is 0. The van der Waals surface area contributed by atoms with E-state index < -0.39 is 0 Å². The van der Waals surface area contributed by atoms with Gasteiger partial charge in [-0.1, -0.05) is 13.8 Å². The third-order valence-corrected chi connectivity index (χ3v) is 1.16. The molecule has 0 aromatic rings. The van der Waals surface area contributed by atoms with Gasteiger partial charge in [0, 0.05) is 12.8 Å². The minimum Gasteiger partial charge on any atom is -0.404 e. The summed E-state index contributed by atoms with van der Waals surface area (Å²) in [5.41, 5.74) is 7.23. The maximum absolute atomic E-state index is 5.21. The van der Waals surface area contributed by atoms with Crippen LogP contribution in [0.15, 0.2) is 16.8 Å². The molecule has 0 aliphatic rings. The van der Waals surface area contributed by atoms with E-state index in [4.69, 9.17) is 5.73 Å². The SMILES string of the molecule is CC.CN=C(C)/C(C)=C\N. The molecule has 0 saturated heterocycles. The maximum Gasteiger partial charge on any atom is 0.0357 e. The quantitative estimate of drug-likeness (QED) is 0.558. The summed E-state index contributed by atoms with van der Waals surface area (Å²) in [6, 6.07) is 0. The Balaban J connectivity index is 0. The number of aliphatic imine (C=N–C) groups is 1. The van der Waals surface area contributed by atoms with E-state index in [1.165, 1.54) is 0 Å². The van der Waals surface area contributed by atoms with Gasteiger partial charge in [0.25, 0.3) is 0 Å². The molecule has 0 amide bonds. The number of hydrogen-bond donors (Lipinski definition) is 1. The highest BCUT2D eigenvalue weighted by molar-refractivity contribution is 5.97. The lowest BCUT2D eigenvalue weighted by atomic mass is 10.2. The molecule has 0 aliphatic heterocycles. The van der Waals surface area contributed by atoms with Gasteiger partial charge in [-0.3, -0.25) is 4.99 Å². The Bertz CT molecular complexity index is 107. The Morgan fingerprint density at radius 3 is 1.80 bits per heavy atom. The number of hydrogen-bond acceptors (Lipinski definition) is 2. The lowest BCUT2D eigenvalue weighted by Crippen LogP contribution is -1.95. The Kier molecular flexibility index (Phi) is 9.80. The van der Waals surface area contributed by atoms with E-state index in [9.17, 15) is 0 Å². The van der Waals surface area contributed by atoms with Gasteiger partial charge in [-0.05, 0) is 25.6 Å². The highest BCUT2D eigenvalue weighted by atomic mass is 14.7. The summed E-state index contributed by atoms with van der Waals surface area (Å²) in [6.45, 7) is 7.86. The predicted molar refractivity (Wildman–Crippen MR) is 48.3 cm³/mol. The topological polar surface area (TPSA) is 38.4 Å². The molecular formula is C8H18N2. The van der Waals surface area contributed by atoms with Crippen LogP contribution in [-0.2, 0) is 0 Å². The van der Waals surface area contributed by atoms with Crippen molar-refractivity contribution in [3.05, 3.63) is 11.8 Å². The minimum atomic E-state index is 0.993. The van der Waals surface area contributed by atoms with Gasteiger partial charge >= 0.3 is 0 Å². The average Bonchev–Trinajstić information content (AvgIpc) is 2.05. The van der Waals surface area contributed by atoms with Gasteiger partial charge in [0.15, 0.2) is 0 Å². The van der Waals surface area contributed by atoms with Gasteiger partial charge in [-0.15, -0.1) is 0 Å². The standard InChI is InChI=1S/C6H12N2.C2H6/c1-5(4-7)6(2)8-3;1-2/h4H,7H2,1-3H3;1-2H3/b5-4-,8-6?;. The summed E-state index contributed by atoms with van der Waals surface area (Å²) in [7, 11) is 1.75. The van der Waals surface area contributed by atoms with Crippen LogP contribution < -0.4 is 5.73 Å². The van der Waals surface area contributed by atoms with Crippen molar-refractivity contribution in [1.29, 1.82) is 0 Å². The van der Waals surface area contributed by atoms with Crippen molar-refractivity contribution in [2.75, 3.05) is 7.05 Å². The Morgan fingerprint density at radius 2 is 1.70 bits per heavy atom. The third-order valence-electron chi connectivity index (χ3n) is 1.16. The van der Waals surface area contributed by atoms with Crippen molar-refractivity contribution in [1.82, 2.24) is 0 Å². The van der Waals surface area contributed by atoms with Crippen molar-refractivity contribution >= 4 is 5.71 Å². The third kappa shape index (κ3) is 5.35. The van der Waals surface area contributed by atoms with E-state index in [-0.39, 0.29) is 0 Å². The average molecular weight is 142 g/mol. The van der Waals surface area contributed by atoms with Crippen molar-refractivity contribution in [3.63, 3.8) is 0 Å². The summed E-state index contributed by atoms with van der Waals surface area (Å²) >= 11 is 0. The molecule has 0 fully saturated rings. The number of nitrogens with zero attached hydrogens (tertiary/aromatic N) is 1. The molecule has 0 aromatic carbocycles. The largest absolute Gasteiger partial charge is 0.404 e. The molecule has 10 heavy (non-hydrogen) atoms. The Labute approximate surface area is 63.8 Å². The van der Waals surface area contributed by atoms with E-state index in [0.717, 1.165) is 11.3 Å². The van der Waals surface area contributed by atoms with Gasteiger partial charge in [0.2, 0.25) is 0 Å². The summed E-state index contributed by atoms with van der Waals surface area (Å²) in [4.78, 5) is 3.93. The fourth-order valence-electron chi connectivity index (χ4n) is 0.297. The van der Waals surface area contributed by atoms with E-state index in [1.54, 1.807) is 13.2 Å². The van der Waals surface area contributed by atoms with Gasteiger partial charge in [0.05, 0.1) is 0 Å². The van der Waals surface area contributed by atoms with E-state index in [2.05, 4.69) is 4.99 Å². The monoisotopic (exact) mass is 142 g/mol. The lowest BCUT2D eigenvalue weighted by Gasteiger charge is -1.93. The molecule has 0 atom stereocenters. The van der Waals surface area contributed by atoms with Crippen LogP contribution in [-0.4, -0.2) is 12.8 Å². The van der Waals surface area contributed by atoms with Crippen LogP contribution in [0.1, 0.15) is 27.7 Å². The first-order valence-corrected chi connectivity index (χ1v) is 3.54. The molecule has 0 heterocycles. The van der Waals surface area contributed by atoms with Gasteiger partial charge in [-0.2, -0.15) is 0 Å². The van der Waals surface area contributed by atoms with Crippen LogP contribution in [0.4, 0.5) is 0 Å². The van der Waals surface area contributed by atoms with Crippen LogP contribution >= 0.6 is 0 Å². The second-order valence-corrected chi connectivity index (χ2v) is 1.66. The molecule has 0 bridgehead atoms. The Morgan fingerprint density at radius 1 is 1.30 bits per heavy atom. The summed E-state index contributed by atoms with van der Waals surface area (Å²) in [6.07, 6.45) is 1.56. The zero-order valence-corrected chi connectivity index (χ0v) is 7.60. The number of rotatable bonds is 1. The van der Waals surface area contributed by atoms with E-state index in [1.807, 2.05) is 27.7 Å². The molecule has 2 nitrogen and oxygen atoms in total. The van der Waals surface area contributed by atoms with E-state index >= 15 is 0 Å². The zero-order chi connectivity index (χ0) is 8.57. The first-order valence-electron chi connectivity index (χ1n) is 3.54. The first kappa shape index (κ1) is 11.9. The minimum absolute atomic E-state index is 0.993. The first-order chi connectivity index (χ1) is 4.72. The number of allylic oxidation sites excluding steroid dienone is 1. The van der Waals surface area contributed by atoms with Crippen LogP contribution in [0.3, 0.4) is 0 Å². The molecular weight excluding hydrogens is 124 g/mol. The normalized spacial score (nSPS) is 12.1. The number of nitrogens with two attached hydrogens (primary N) is 1. The van der Waals surface area contributed by atoms with Crippen molar-refractivity contribution in [2.24, 2.45) is 10.7 Å². The fraction of sp³-hybridized carbons (Fsp3) is 0.625. The van der Waals surface area contributed by atoms with Gasteiger partial charge in [0.1, 0.15) is 0 Å². The molecule has 0 aliphatic carbocycles. The molecule has 60 valence electrons. The Hall–Kier alpha value is -0.790. The smallest absolute Gasteiger partial charge is 0.0357 e. The molecule has 0 spiro atoms. The molecule has 0 saturated carbocycles. The molecule has 0 radical (unpaired) electrons. The van der Waals surface area contributed by atoms with Crippen molar-refractivity contribution < 1.29 is 0 Å². The van der Waals surface area contributed by atoms with Gasteiger partial charge < -0.3 is 5.73 Å². The highest BCUT2D eigenvalue weighted by Crippen LogP contribution is 1.91. The zero-order valence-electron chi connectivity index (χ0n) is 7.60. The van der Waals surface area contributed by atoms with Crippen molar-refractivity contribution in [3.8, 4) is 0 Å². The molecule has 0 unspecified atom stereocenters.